The topological polar surface area (TPSA) is 97.5 Å². The van der Waals surface area contributed by atoms with Crippen LogP contribution < -0.4 is 11.2 Å². The van der Waals surface area contributed by atoms with Gasteiger partial charge in [-0.1, -0.05) is 35.9 Å². The first-order valence-corrected chi connectivity index (χ1v) is 11.6. The van der Waals surface area contributed by atoms with E-state index in [0.717, 1.165) is 31.5 Å². The minimum atomic E-state index is -0.727. The zero-order valence-corrected chi connectivity index (χ0v) is 20.4. The van der Waals surface area contributed by atoms with E-state index < -0.39 is 17.2 Å². The smallest absolute Gasteiger partial charge is 0.339 e. The van der Waals surface area contributed by atoms with Crippen molar-refractivity contribution in [3.63, 3.8) is 0 Å². The lowest BCUT2D eigenvalue weighted by atomic mass is 10.1. The van der Waals surface area contributed by atoms with Gasteiger partial charge in [-0.2, -0.15) is 9.78 Å². The molecule has 1 saturated heterocycles. The number of rotatable bonds is 4. The molecule has 9 heteroatoms. The Balaban J connectivity index is 1.81. The van der Waals surface area contributed by atoms with Crippen LogP contribution in [0.3, 0.4) is 0 Å². The minimum absolute atomic E-state index is 0.0175. The molecule has 0 spiro atoms. The molecule has 1 aliphatic rings. The van der Waals surface area contributed by atoms with Crippen molar-refractivity contribution < 1.29 is 9.59 Å². The van der Waals surface area contributed by atoms with E-state index in [4.69, 9.17) is 0 Å². The van der Waals surface area contributed by atoms with E-state index in [-0.39, 0.29) is 18.1 Å². The quantitative estimate of drug-likeness (QED) is 0.572. The lowest BCUT2D eigenvalue weighted by Gasteiger charge is -2.33. The van der Waals surface area contributed by atoms with Crippen LogP contribution in [0.4, 0.5) is 0 Å². The molecule has 2 aromatic carbocycles. The van der Waals surface area contributed by atoms with Crippen LogP contribution in [0.25, 0.3) is 5.69 Å². The molecule has 4 rings (SSSR count). The maximum atomic E-state index is 13.4. The number of piperazine rings is 1. The Morgan fingerprint density at radius 3 is 1.97 bits per heavy atom. The highest BCUT2D eigenvalue weighted by Crippen LogP contribution is 2.12. The molecule has 1 fully saturated rings. The van der Waals surface area contributed by atoms with E-state index in [1.54, 1.807) is 17.0 Å². The van der Waals surface area contributed by atoms with Gasteiger partial charge in [0.2, 0.25) is 11.6 Å². The number of benzene rings is 2. The number of hydrogen-bond acceptors (Lipinski definition) is 5. The van der Waals surface area contributed by atoms with Crippen molar-refractivity contribution in [1.82, 2.24) is 24.1 Å². The Bertz CT molecular complexity index is 1380. The summed E-state index contributed by atoms with van der Waals surface area (Å²) in [5, 5.41) is 4.27. The van der Waals surface area contributed by atoms with Crippen LogP contribution in [-0.2, 0) is 11.3 Å². The fourth-order valence-electron chi connectivity index (χ4n) is 4.28. The summed E-state index contributed by atoms with van der Waals surface area (Å²) in [5.41, 5.74) is 2.52. The average molecular weight is 476 g/mol. The second-order valence-electron chi connectivity index (χ2n) is 9.06. The molecule has 0 bridgehead atoms. The Kier molecular flexibility index (Phi) is 6.68. The maximum Gasteiger partial charge on any atom is 0.352 e. The molecule has 1 aliphatic heterocycles. The van der Waals surface area contributed by atoms with Crippen LogP contribution in [0.5, 0.6) is 0 Å². The number of carbonyl (C=O) groups excluding carboxylic acids is 2. The van der Waals surface area contributed by atoms with Crippen molar-refractivity contribution in [3.8, 4) is 5.69 Å². The van der Waals surface area contributed by atoms with Crippen LogP contribution in [0.2, 0.25) is 0 Å². The summed E-state index contributed by atoms with van der Waals surface area (Å²) < 4.78 is 2.20. The van der Waals surface area contributed by atoms with Crippen LogP contribution in [0.15, 0.2) is 52.1 Å². The van der Waals surface area contributed by atoms with Crippen molar-refractivity contribution in [2.24, 2.45) is 0 Å². The summed E-state index contributed by atoms with van der Waals surface area (Å²) in [5.74, 6) is -0.604. The Labute approximate surface area is 203 Å². The third-order valence-electron chi connectivity index (χ3n) is 6.19. The predicted molar refractivity (Wildman–Crippen MR) is 132 cm³/mol. The van der Waals surface area contributed by atoms with Gasteiger partial charge >= 0.3 is 5.69 Å². The highest BCUT2D eigenvalue weighted by Gasteiger charge is 2.28. The molecule has 182 valence electrons. The number of carbonyl (C=O) groups is 2. The Morgan fingerprint density at radius 2 is 1.40 bits per heavy atom. The van der Waals surface area contributed by atoms with E-state index >= 15 is 0 Å². The van der Waals surface area contributed by atoms with E-state index in [9.17, 15) is 19.2 Å². The van der Waals surface area contributed by atoms with Crippen molar-refractivity contribution in [3.05, 3.63) is 91.3 Å². The molecule has 2 heterocycles. The first-order chi connectivity index (χ1) is 16.6. The second kappa shape index (κ2) is 9.69. The molecule has 0 N–H and O–H groups in total. The van der Waals surface area contributed by atoms with Gasteiger partial charge in [0.25, 0.3) is 11.5 Å². The molecular formula is C26H29N5O4. The normalized spacial score (nSPS) is 13.7. The van der Waals surface area contributed by atoms with Crippen molar-refractivity contribution >= 4 is 11.8 Å². The van der Waals surface area contributed by atoms with Crippen molar-refractivity contribution in [1.29, 1.82) is 0 Å². The fraction of sp³-hybridized carbons (Fsp3) is 0.346. The lowest BCUT2D eigenvalue weighted by molar-refractivity contribution is -0.130. The third-order valence-corrected chi connectivity index (χ3v) is 6.19. The van der Waals surface area contributed by atoms with Gasteiger partial charge in [-0.3, -0.25) is 19.0 Å². The van der Waals surface area contributed by atoms with E-state index in [1.807, 2.05) is 51.1 Å². The van der Waals surface area contributed by atoms with Crippen molar-refractivity contribution in [2.45, 2.75) is 34.2 Å². The van der Waals surface area contributed by atoms with Gasteiger partial charge in [-0.05, 0) is 49.6 Å². The molecule has 3 aromatic rings. The van der Waals surface area contributed by atoms with E-state index in [1.165, 1.54) is 11.8 Å². The standard InChI is InChI=1S/C26H29N5O4/c1-17-5-7-21(8-6-17)16-30-25(34)23(24(33)29-11-9-28(10-12-29)20(4)32)27-31(26(30)35)22-14-18(2)13-19(3)15-22/h5-8,13-15H,9-12,16H2,1-4H3. The summed E-state index contributed by atoms with van der Waals surface area (Å²) in [6, 6.07) is 13.1. The van der Waals surface area contributed by atoms with Crippen LogP contribution in [-0.4, -0.2) is 62.1 Å². The van der Waals surface area contributed by atoms with Gasteiger partial charge < -0.3 is 9.80 Å². The minimum Gasteiger partial charge on any atom is -0.339 e. The number of hydrogen-bond donors (Lipinski definition) is 0. The number of amides is 2. The molecule has 2 amide bonds. The molecule has 35 heavy (non-hydrogen) atoms. The van der Waals surface area contributed by atoms with Gasteiger partial charge in [0, 0.05) is 33.1 Å². The van der Waals surface area contributed by atoms with Gasteiger partial charge in [0.1, 0.15) is 0 Å². The first kappa shape index (κ1) is 24.1. The van der Waals surface area contributed by atoms with Crippen molar-refractivity contribution in [2.75, 3.05) is 26.2 Å². The molecule has 0 saturated carbocycles. The number of aromatic nitrogens is 3. The van der Waals surface area contributed by atoms with Crippen LogP contribution in [0.1, 0.15) is 39.7 Å². The Morgan fingerprint density at radius 1 is 0.829 bits per heavy atom. The monoisotopic (exact) mass is 475 g/mol. The number of aryl methyl sites for hydroxylation is 3. The Hall–Kier alpha value is -4.01. The van der Waals surface area contributed by atoms with E-state index in [0.29, 0.717) is 31.9 Å². The zero-order chi connectivity index (χ0) is 25.3. The molecule has 0 radical (unpaired) electrons. The highest BCUT2D eigenvalue weighted by molar-refractivity contribution is 5.92. The molecule has 0 aliphatic carbocycles. The van der Waals surface area contributed by atoms with Gasteiger partial charge in [0.05, 0.1) is 12.2 Å². The van der Waals surface area contributed by atoms with Crippen LogP contribution >= 0.6 is 0 Å². The average Bonchev–Trinajstić information content (AvgIpc) is 2.82. The molecule has 1 aromatic heterocycles. The predicted octanol–water partition coefficient (Wildman–Crippen LogP) is 1.67. The summed E-state index contributed by atoms with van der Waals surface area (Å²) >= 11 is 0. The lowest BCUT2D eigenvalue weighted by Crippen LogP contribution is -2.52. The fourth-order valence-corrected chi connectivity index (χ4v) is 4.28. The molecule has 9 nitrogen and oxygen atoms in total. The first-order valence-electron chi connectivity index (χ1n) is 11.6. The second-order valence-corrected chi connectivity index (χ2v) is 9.06. The molecule has 0 unspecified atom stereocenters. The largest absolute Gasteiger partial charge is 0.352 e. The third kappa shape index (κ3) is 5.08. The molecular weight excluding hydrogens is 446 g/mol. The van der Waals surface area contributed by atoms with E-state index in [2.05, 4.69) is 5.10 Å². The highest BCUT2D eigenvalue weighted by atomic mass is 16.2. The maximum absolute atomic E-state index is 13.4. The van der Waals surface area contributed by atoms with Gasteiger partial charge in [-0.15, -0.1) is 0 Å². The molecule has 0 atom stereocenters. The zero-order valence-electron chi connectivity index (χ0n) is 20.4. The summed E-state index contributed by atoms with van der Waals surface area (Å²) in [6.07, 6.45) is 0. The van der Waals surface area contributed by atoms with Gasteiger partial charge in [-0.25, -0.2) is 4.79 Å². The summed E-state index contributed by atoms with van der Waals surface area (Å²) in [6.45, 7) is 8.63. The summed E-state index contributed by atoms with van der Waals surface area (Å²) in [4.78, 5) is 55.1. The SMILES string of the molecule is CC(=O)N1CCN(C(=O)c2nn(-c3cc(C)cc(C)c3)c(=O)n(Cc3ccc(C)cc3)c2=O)CC1. The summed E-state index contributed by atoms with van der Waals surface area (Å²) in [7, 11) is 0. The van der Waals surface area contributed by atoms with Crippen LogP contribution in [0, 0.1) is 20.8 Å². The number of nitrogens with zero attached hydrogens (tertiary/aromatic N) is 5. The van der Waals surface area contributed by atoms with Gasteiger partial charge in [0.15, 0.2) is 0 Å².